The lowest BCUT2D eigenvalue weighted by atomic mass is 10.2. The maximum absolute atomic E-state index is 11.2. The first-order chi connectivity index (χ1) is 8.97. The summed E-state index contributed by atoms with van der Waals surface area (Å²) in [6, 6.07) is 0.0365. The molecule has 1 saturated heterocycles. The van der Waals surface area contributed by atoms with Gasteiger partial charge in [0.2, 0.25) is 5.91 Å². The largest absolute Gasteiger partial charge is 0.477 e. The van der Waals surface area contributed by atoms with Gasteiger partial charge in [-0.3, -0.25) is 4.79 Å². The number of carbonyl (C=O) groups is 2. The number of amides is 1. The maximum atomic E-state index is 11.2. The minimum atomic E-state index is -1.04. The van der Waals surface area contributed by atoms with E-state index in [0.29, 0.717) is 24.7 Å². The summed E-state index contributed by atoms with van der Waals surface area (Å²) in [6.07, 6.45) is 2.10. The predicted molar refractivity (Wildman–Crippen MR) is 68.2 cm³/mol. The van der Waals surface area contributed by atoms with Crippen molar-refractivity contribution in [3.8, 4) is 0 Å². The molecule has 0 aromatic carbocycles. The molecule has 2 N–H and O–H groups in total. The highest BCUT2D eigenvalue weighted by molar-refractivity contribution is 5.93. The van der Waals surface area contributed by atoms with Gasteiger partial charge in [0, 0.05) is 32.3 Å². The summed E-state index contributed by atoms with van der Waals surface area (Å²) in [6.45, 7) is 4.43. The number of nitrogens with one attached hydrogen (secondary N) is 1. The van der Waals surface area contributed by atoms with Crippen LogP contribution >= 0.6 is 0 Å². The number of carboxylic acids is 1. The molecular weight excluding hydrogens is 248 g/mol. The Morgan fingerprint density at radius 1 is 1.53 bits per heavy atom. The lowest BCUT2D eigenvalue weighted by Gasteiger charge is -2.19. The second kappa shape index (κ2) is 5.21. The molecule has 1 aromatic heterocycles. The molecule has 1 aromatic rings. The average Bonchev–Trinajstić information content (AvgIpc) is 2.75. The standard InChI is InChI=1S/C12H16N4O3/c1-7-13-5-10(12(18)19)11(14-7)16-4-3-9(6-16)15-8(2)17/h5,9H,3-4,6H2,1-2H3,(H,15,17)(H,18,19). The second-order valence-corrected chi connectivity index (χ2v) is 4.59. The minimum Gasteiger partial charge on any atom is -0.477 e. The van der Waals surface area contributed by atoms with E-state index in [1.165, 1.54) is 13.1 Å². The fraction of sp³-hybridized carbons (Fsp3) is 0.500. The quantitative estimate of drug-likeness (QED) is 0.809. The van der Waals surface area contributed by atoms with E-state index in [9.17, 15) is 9.59 Å². The highest BCUT2D eigenvalue weighted by Crippen LogP contribution is 2.22. The Morgan fingerprint density at radius 3 is 2.89 bits per heavy atom. The van der Waals surface area contributed by atoms with Gasteiger partial charge in [-0.05, 0) is 13.3 Å². The number of anilines is 1. The summed E-state index contributed by atoms with van der Waals surface area (Å²) in [5.41, 5.74) is 0.0917. The first kappa shape index (κ1) is 13.3. The Labute approximate surface area is 110 Å². The molecule has 7 nitrogen and oxygen atoms in total. The summed E-state index contributed by atoms with van der Waals surface area (Å²) >= 11 is 0. The van der Waals surface area contributed by atoms with Gasteiger partial charge in [-0.25, -0.2) is 14.8 Å². The lowest BCUT2D eigenvalue weighted by Crippen LogP contribution is -2.36. The van der Waals surface area contributed by atoms with Gasteiger partial charge in [0.1, 0.15) is 17.2 Å². The van der Waals surface area contributed by atoms with Gasteiger partial charge in [0.15, 0.2) is 0 Å². The first-order valence-electron chi connectivity index (χ1n) is 6.06. The molecule has 1 aliphatic rings. The summed E-state index contributed by atoms with van der Waals surface area (Å²) in [5.74, 6) is -0.169. The molecule has 1 amide bonds. The maximum Gasteiger partial charge on any atom is 0.341 e. The molecule has 0 radical (unpaired) electrons. The van der Waals surface area contributed by atoms with Crippen LogP contribution in [0.3, 0.4) is 0 Å². The molecule has 0 bridgehead atoms. The highest BCUT2D eigenvalue weighted by atomic mass is 16.4. The number of aromatic carboxylic acids is 1. The number of nitrogens with zero attached hydrogens (tertiary/aromatic N) is 3. The van der Waals surface area contributed by atoms with Crippen molar-refractivity contribution in [2.45, 2.75) is 26.3 Å². The van der Waals surface area contributed by atoms with Gasteiger partial charge in [-0.1, -0.05) is 0 Å². The van der Waals surface area contributed by atoms with Crippen molar-refractivity contribution in [1.29, 1.82) is 0 Å². The van der Waals surface area contributed by atoms with E-state index in [2.05, 4.69) is 15.3 Å². The van der Waals surface area contributed by atoms with Crippen molar-refractivity contribution in [3.63, 3.8) is 0 Å². The van der Waals surface area contributed by atoms with Crippen LogP contribution < -0.4 is 10.2 Å². The van der Waals surface area contributed by atoms with E-state index in [0.717, 1.165) is 6.42 Å². The molecule has 7 heteroatoms. The van der Waals surface area contributed by atoms with E-state index in [1.54, 1.807) is 6.92 Å². The number of carboxylic acid groups (broad SMARTS) is 1. The number of aryl methyl sites for hydroxylation is 1. The van der Waals surface area contributed by atoms with Crippen LogP contribution in [0.5, 0.6) is 0 Å². The smallest absolute Gasteiger partial charge is 0.341 e. The number of aromatic nitrogens is 2. The van der Waals surface area contributed by atoms with Gasteiger partial charge in [0.05, 0.1) is 0 Å². The summed E-state index contributed by atoms with van der Waals surface area (Å²) in [7, 11) is 0. The van der Waals surface area contributed by atoms with Gasteiger partial charge in [0.25, 0.3) is 0 Å². The highest BCUT2D eigenvalue weighted by Gasteiger charge is 2.27. The number of hydrogen-bond acceptors (Lipinski definition) is 5. The Hall–Kier alpha value is -2.18. The van der Waals surface area contributed by atoms with E-state index < -0.39 is 5.97 Å². The zero-order valence-corrected chi connectivity index (χ0v) is 10.9. The molecule has 1 fully saturated rings. The van der Waals surface area contributed by atoms with Crippen molar-refractivity contribution in [2.75, 3.05) is 18.0 Å². The van der Waals surface area contributed by atoms with Crippen molar-refractivity contribution in [1.82, 2.24) is 15.3 Å². The van der Waals surface area contributed by atoms with Crippen LogP contribution in [-0.4, -0.2) is 46.1 Å². The molecular formula is C12H16N4O3. The SMILES string of the molecule is CC(=O)NC1CCN(c2nc(C)ncc2C(=O)O)C1. The monoisotopic (exact) mass is 264 g/mol. The topological polar surface area (TPSA) is 95.4 Å². The third-order valence-electron chi connectivity index (χ3n) is 3.01. The third kappa shape index (κ3) is 2.98. The van der Waals surface area contributed by atoms with Crippen molar-refractivity contribution in [2.24, 2.45) is 0 Å². The van der Waals surface area contributed by atoms with E-state index in [-0.39, 0.29) is 17.5 Å². The van der Waals surface area contributed by atoms with Crippen molar-refractivity contribution >= 4 is 17.7 Å². The Kier molecular flexibility index (Phi) is 3.64. The van der Waals surface area contributed by atoms with Gasteiger partial charge >= 0.3 is 5.97 Å². The Bertz CT molecular complexity index is 518. The molecule has 0 saturated carbocycles. The normalized spacial score (nSPS) is 18.4. The van der Waals surface area contributed by atoms with Crippen molar-refractivity contribution in [3.05, 3.63) is 17.6 Å². The molecule has 0 spiro atoms. The van der Waals surface area contributed by atoms with Crippen LogP contribution in [0.25, 0.3) is 0 Å². The zero-order valence-electron chi connectivity index (χ0n) is 10.9. The average molecular weight is 264 g/mol. The number of hydrogen-bond donors (Lipinski definition) is 2. The van der Waals surface area contributed by atoms with Crippen LogP contribution in [0.4, 0.5) is 5.82 Å². The Balaban J connectivity index is 2.21. The van der Waals surface area contributed by atoms with Crippen LogP contribution in [-0.2, 0) is 4.79 Å². The number of carbonyl (C=O) groups excluding carboxylic acids is 1. The molecule has 1 aliphatic heterocycles. The predicted octanol–water partition coefficient (Wildman–Crippen LogP) is 0.198. The molecule has 2 heterocycles. The fourth-order valence-corrected chi connectivity index (χ4v) is 2.21. The summed E-state index contributed by atoms with van der Waals surface area (Å²) in [5, 5.41) is 12.0. The third-order valence-corrected chi connectivity index (χ3v) is 3.01. The molecule has 2 rings (SSSR count). The molecule has 19 heavy (non-hydrogen) atoms. The van der Waals surface area contributed by atoms with Gasteiger partial charge < -0.3 is 15.3 Å². The number of rotatable bonds is 3. The molecule has 102 valence electrons. The zero-order chi connectivity index (χ0) is 14.0. The van der Waals surface area contributed by atoms with Crippen LogP contribution in [0.1, 0.15) is 29.5 Å². The summed E-state index contributed by atoms with van der Waals surface area (Å²) in [4.78, 5) is 32.2. The van der Waals surface area contributed by atoms with Crippen LogP contribution in [0, 0.1) is 6.92 Å². The second-order valence-electron chi connectivity index (χ2n) is 4.59. The van der Waals surface area contributed by atoms with Crippen molar-refractivity contribution < 1.29 is 14.7 Å². The minimum absolute atomic E-state index is 0.0365. The summed E-state index contributed by atoms with van der Waals surface area (Å²) < 4.78 is 0. The van der Waals surface area contributed by atoms with Gasteiger partial charge in [-0.2, -0.15) is 0 Å². The molecule has 1 unspecified atom stereocenters. The lowest BCUT2D eigenvalue weighted by molar-refractivity contribution is -0.119. The van der Waals surface area contributed by atoms with Crippen LogP contribution in [0.2, 0.25) is 0 Å². The fourth-order valence-electron chi connectivity index (χ4n) is 2.21. The molecule has 1 atom stereocenters. The Morgan fingerprint density at radius 2 is 2.26 bits per heavy atom. The molecule has 0 aliphatic carbocycles. The van der Waals surface area contributed by atoms with Crippen LogP contribution in [0.15, 0.2) is 6.20 Å². The van der Waals surface area contributed by atoms with E-state index >= 15 is 0 Å². The van der Waals surface area contributed by atoms with E-state index in [1.807, 2.05) is 4.90 Å². The van der Waals surface area contributed by atoms with E-state index in [4.69, 9.17) is 5.11 Å². The van der Waals surface area contributed by atoms with Gasteiger partial charge in [-0.15, -0.1) is 0 Å². The first-order valence-corrected chi connectivity index (χ1v) is 6.06.